The number of piperidine rings is 1. The van der Waals surface area contributed by atoms with Gasteiger partial charge in [0.2, 0.25) is 5.91 Å². The van der Waals surface area contributed by atoms with Gasteiger partial charge in [0.15, 0.2) is 0 Å². The van der Waals surface area contributed by atoms with Gasteiger partial charge in [0.25, 0.3) is 5.56 Å². The number of aromatic nitrogens is 3. The van der Waals surface area contributed by atoms with Gasteiger partial charge in [-0.25, -0.2) is 4.98 Å². The lowest BCUT2D eigenvalue weighted by Gasteiger charge is -2.42. The van der Waals surface area contributed by atoms with E-state index in [0.29, 0.717) is 19.0 Å². The van der Waals surface area contributed by atoms with Gasteiger partial charge in [0.1, 0.15) is 0 Å². The number of fused-ring (bicyclic) bond motifs is 4. The van der Waals surface area contributed by atoms with Crippen molar-refractivity contribution in [2.45, 2.75) is 32.4 Å². The van der Waals surface area contributed by atoms with Crippen LogP contribution in [0.5, 0.6) is 0 Å². The Morgan fingerprint density at radius 1 is 1.10 bits per heavy atom. The van der Waals surface area contributed by atoms with Crippen LogP contribution in [0.4, 0.5) is 0 Å². The Morgan fingerprint density at radius 2 is 1.93 bits per heavy atom. The lowest BCUT2D eigenvalue weighted by molar-refractivity contribution is -0.131. The molecule has 0 aliphatic carbocycles. The first-order valence-electron chi connectivity index (χ1n) is 10.1. The molecule has 0 N–H and O–H groups in total. The van der Waals surface area contributed by atoms with Gasteiger partial charge in [0, 0.05) is 63.2 Å². The van der Waals surface area contributed by atoms with E-state index in [9.17, 15) is 9.59 Å². The second-order valence-electron chi connectivity index (χ2n) is 8.27. The van der Waals surface area contributed by atoms with E-state index >= 15 is 0 Å². The third-order valence-electron chi connectivity index (χ3n) is 6.21. The summed E-state index contributed by atoms with van der Waals surface area (Å²) < 4.78 is 3.95. The summed E-state index contributed by atoms with van der Waals surface area (Å²) >= 11 is 0. The summed E-state index contributed by atoms with van der Waals surface area (Å²) in [5, 5.41) is 0. The zero-order chi connectivity index (χ0) is 20.0. The van der Waals surface area contributed by atoms with Crippen molar-refractivity contribution in [2.24, 2.45) is 5.92 Å². The maximum absolute atomic E-state index is 12.9. The molecule has 2 aliphatic heterocycles. The highest BCUT2D eigenvalue weighted by Gasteiger charge is 2.35. The van der Waals surface area contributed by atoms with Crippen molar-refractivity contribution < 1.29 is 4.79 Å². The maximum Gasteiger partial charge on any atom is 0.251 e. The average Bonchev–Trinajstić information content (AvgIpc) is 3.22. The molecule has 2 aliphatic rings. The van der Waals surface area contributed by atoms with E-state index in [2.05, 4.69) is 35.3 Å². The first-order valence-corrected chi connectivity index (χ1v) is 10.1. The van der Waals surface area contributed by atoms with Crippen molar-refractivity contribution in [2.75, 3.05) is 13.1 Å². The van der Waals surface area contributed by atoms with Crippen LogP contribution in [0.25, 0.3) is 11.1 Å². The third-order valence-corrected chi connectivity index (χ3v) is 6.21. The zero-order valence-corrected chi connectivity index (χ0v) is 16.5. The molecule has 148 valence electrons. The Hall–Kier alpha value is -3.15. The van der Waals surface area contributed by atoms with E-state index in [0.717, 1.165) is 36.3 Å². The van der Waals surface area contributed by atoms with Gasteiger partial charge in [-0.05, 0) is 35.1 Å². The Labute approximate surface area is 169 Å². The maximum atomic E-state index is 12.9. The number of carbonyl (C=O) groups is 1. The number of nitrogens with zero attached hydrogens (tertiary/aromatic N) is 4. The number of likely N-dealkylation sites (tertiary alicyclic amines) is 1. The van der Waals surface area contributed by atoms with Crippen LogP contribution >= 0.6 is 0 Å². The monoisotopic (exact) mass is 388 g/mol. The molecule has 1 aromatic carbocycles. The van der Waals surface area contributed by atoms with Crippen LogP contribution in [0.1, 0.15) is 30.5 Å². The molecular weight excluding hydrogens is 364 g/mol. The van der Waals surface area contributed by atoms with Gasteiger partial charge in [-0.1, -0.05) is 24.3 Å². The van der Waals surface area contributed by atoms with Crippen LogP contribution in [0.15, 0.2) is 59.9 Å². The molecule has 1 amide bonds. The summed E-state index contributed by atoms with van der Waals surface area (Å²) in [7, 11) is 0. The van der Waals surface area contributed by atoms with Crippen molar-refractivity contribution in [3.05, 3.63) is 76.7 Å². The van der Waals surface area contributed by atoms with Gasteiger partial charge < -0.3 is 14.0 Å². The smallest absolute Gasteiger partial charge is 0.251 e. The standard InChI is InChI=1S/C23H24N4O2/c1-16(28)26-12-18-8-21(14-26)22-9-20(10-23(29)27(22)13-18)19-4-2-17(3-5-19)11-25-7-6-24-15-25/h2-7,9-10,15,18,21H,8,11-14H2,1H3/t18-,21+/m0/s1. The molecule has 29 heavy (non-hydrogen) atoms. The fourth-order valence-corrected chi connectivity index (χ4v) is 4.78. The van der Waals surface area contributed by atoms with E-state index < -0.39 is 0 Å². The number of amides is 1. The van der Waals surface area contributed by atoms with E-state index in [4.69, 9.17) is 0 Å². The lowest BCUT2D eigenvalue weighted by Crippen LogP contribution is -2.48. The van der Waals surface area contributed by atoms with E-state index in [1.54, 1.807) is 25.5 Å². The molecule has 1 saturated heterocycles. The first-order chi connectivity index (χ1) is 14.1. The lowest BCUT2D eigenvalue weighted by atomic mass is 9.82. The van der Waals surface area contributed by atoms with Crippen LogP contribution < -0.4 is 5.56 Å². The van der Waals surface area contributed by atoms with Crippen molar-refractivity contribution >= 4 is 5.91 Å². The summed E-state index contributed by atoms with van der Waals surface area (Å²) in [6, 6.07) is 12.2. The average molecular weight is 388 g/mol. The van der Waals surface area contributed by atoms with Gasteiger partial charge in [-0.3, -0.25) is 9.59 Å². The highest BCUT2D eigenvalue weighted by atomic mass is 16.2. The van der Waals surface area contributed by atoms with Gasteiger partial charge in [-0.2, -0.15) is 0 Å². The predicted octanol–water partition coefficient (Wildman–Crippen LogP) is 2.73. The minimum Gasteiger partial charge on any atom is -0.342 e. The van der Waals surface area contributed by atoms with Gasteiger partial charge in [0.05, 0.1) is 6.33 Å². The highest BCUT2D eigenvalue weighted by molar-refractivity contribution is 5.73. The molecule has 2 atom stereocenters. The second-order valence-corrected chi connectivity index (χ2v) is 8.27. The molecule has 1 fully saturated rings. The SMILES string of the molecule is CC(=O)N1C[C@@H]2C[C@H](C1)c1cc(-c3ccc(Cn4ccnc4)cc3)cc(=O)n1C2. The van der Waals surface area contributed by atoms with Gasteiger partial charge in [-0.15, -0.1) is 0 Å². The Morgan fingerprint density at radius 3 is 2.66 bits per heavy atom. The van der Waals surface area contributed by atoms with Crippen molar-refractivity contribution in [3.8, 4) is 11.1 Å². The largest absolute Gasteiger partial charge is 0.342 e. The molecule has 6 heteroatoms. The van der Waals surface area contributed by atoms with Gasteiger partial charge >= 0.3 is 0 Å². The van der Waals surface area contributed by atoms with E-state index in [1.165, 1.54) is 5.56 Å². The Bertz CT molecular complexity index is 1100. The topological polar surface area (TPSA) is 60.1 Å². The summed E-state index contributed by atoms with van der Waals surface area (Å²) in [6.45, 7) is 4.59. The fraction of sp³-hybridized carbons (Fsp3) is 0.348. The van der Waals surface area contributed by atoms with Crippen LogP contribution in [-0.4, -0.2) is 38.0 Å². The predicted molar refractivity (Wildman–Crippen MR) is 111 cm³/mol. The van der Waals surface area contributed by atoms with Crippen molar-refractivity contribution in [3.63, 3.8) is 0 Å². The molecule has 5 rings (SSSR count). The van der Waals surface area contributed by atoms with Crippen LogP contribution in [0.2, 0.25) is 0 Å². The van der Waals surface area contributed by atoms with Crippen LogP contribution in [0.3, 0.4) is 0 Å². The van der Waals surface area contributed by atoms with Crippen LogP contribution in [-0.2, 0) is 17.9 Å². The number of rotatable bonds is 3. The molecule has 2 aromatic heterocycles. The molecule has 2 bridgehead atoms. The van der Waals surface area contributed by atoms with Crippen LogP contribution in [0, 0.1) is 5.92 Å². The summed E-state index contributed by atoms with van der Waals surface area (Å²) in [6.07, 6.45) is 6.58. The number of hydrogen-bond donors (Lipinski definition) is 0. The summed E-state index contributed by atoms with van der Waals surface area (Å²) in [4.78, 5) is 30.8. The molecule has 0 spiro atoms. The molecule has 3 aromatic rings. The Kier molecular flexibility index (Phi) is 4.34. The molecule has 0 unspecified atom stereocenters. The first kappa shape index (κ1) is 17.9. The Balaban J connectivity index is 1.45. The minimum absolute atomic E-state index is 0.0611. The molecule has 4 heterocycles. The third kappa shape index (κ3) is 3.39. The summed E-state index contributed by atoms with van der Waals surface area (Å²) in [5.74, 6) is 0.732. The minimum atomic E-state index is 0.0611. The molecule has 6 nitrogen and oxygen atoms in total. The van der Waals surface area contributed by atoms with E-state index in [1.807, 2.05) is 20.2 Å². The number of carbonyl (C=O) groups excluding carboxylic acids is 1. The number of benzene rings is 1. The number of hydrogen-bond acceptors (Lipinski definition) is 3. The summed E-state index contributed by atoms with van der Waals surface area (Å²) in [5.41, 5.74) is 4.31. The molecule has 0 saturated carbocycles. The molecular formula is C23H24N4O2. The highest BCUT2D eigenvalue weighted by Crippen LogP contribution is 2.36. The normalized spacial score (nSPS) is 20.4. The number of imidazole rings is 1. The zero-order valence-electron chi connectivity index (χ0n) is 16.5. The van der Waals surface area contributed by atoms with E-state index in [-0.39, 0.29) is 17.4 Å². The molecule has 0 radical (unpaired) electrons. The van der Waals surface area contributed by atoms with Crippen molar-refractivity contribution in [1.29, 1.82) is 0 Å². The fourth-order valence-electron chi connectivity index (χ4n) is 4.78. The second kappa shape index (κ2) is 7.03. The quantitative estimate of drug-likeness (QED) is 0.693. The van der Waals surface area contributed by atoms with Crippen molar-refractivity contribution in [1.82, 2.24) is 19.0 Å². The number of pyridine rings is 1.